The molecule has 1 aliphatic rings. The van der Waals surface area contributed by atoms with Gasteiger partial charge in [-0.05, 0) is 56.6 Å². The maximum absolute atomic E-state index is 4.85. The minimum absolute atomic E-state index is 0.485. The highest BCUT2D eigenvalue weighted by Gasteiger charge is 2.27. The second-order valence-electron chi connectivity index (χ2n) is 7.43. The Morgan fingerprint density at radius 3 is 2.59 bits per heavy atom. The fourth-order valence-electron chi connectivity index (χ4n) is 4.25. The lowest BCUT2D eigenvalue weighted by Gasteiger charge is -2.22. The molecule has 0 aliphatic carbocycles. The second-order valence-corrected chi connectivity index (χ2v) is 7.43. The number of hydrogen-bond acceptors (Lipinski definition) is 4. The molecule has 1 atom stereocenters. The zero-order chi connectivity index (χ0) is 18.8. The first-order valence-electron chi connectivity index (χ1n) is 10.0. The van der Waals surface area contributed by atoms with Crippen molar-refractivity contribution in [1.82, 2.24) is 19.4 Å². The third kappa shape index (κ3) is 3.56. The quantitative estimate of drug-likeness (QED) is 0.667. The second kappa shape index (κ2) is 7.69. The standard InChI is InChI=1S/C22H29N5/c1-4-27(5-2)19-10-8-17(9-11-19)15-26-14-12-18(16-26)21-24-20-7-6-13-23-22(20)25(21)3/h6-11,13,18H,4-5,12,14-16H2,1-3H3/t18-/m1/s1. The van der Waals surface area contributed by atoms with Crippen molar-refractivity contribution < 1.29 is 0 Å². The topological polar surface area (TPSA) is 37.2 Å². The van der Waals surface area contributed by atoms with Crippen molar-refractivity contribution in [3.05, 3.63) is 54.0 Å². The summed E-state index contributed by atoms with van der Waals surface area (Å²) in [5, 5.41) is 0. The highest BCUT2D eigenvalue weighted by molar-refractivity contribution is 5.71. The monoisotopic (exact) mass is 363 g/mol. The number of likely N-dealkylation sites (tertiary alicyclic amines) is 1. The lowest BCUT2D eigenvalue weighted by atomic mass is 10.1. The van der Waals surface area contributed by atoms with Crippen molar-refractivity contribution in [2.45, 2.75) is 32.7 Å². The van der Waals surface area contributed by atoms with Gasteiger partial charge in [-0.1, -0.05) is 12.1 Å². The molecule has 0 spiro atoms. The molecule has 142 valence electrons. The van der Waals surface area contributed by atoms with Crippen molar-refractivity contribution >= 4 is 16.9 Å². The number of nitrogens with zero attached hydrogens (tertiary/aromatic N) is 5. The molecule has 0 saturated carbocycles. The Hall–Kier alpha value is -2.40. The minimum Gasteiger partial charge on any atom is -0.372 e. The van der Waals surface area contributed by atoms with Crippen molar-refractivity contribution in [3.63, 3.8) is 0 Å². The Bertz CT molecular complexity index is 895. The van der Waals surface area contributed by atoms with Crippen LogP contribution in [0.25, 0.3) is 11.2 Å². The van der Waals surface area contributed by atoms with Gasteiger partial charge >= 0.3 is 0 Å². The lowest BCUT2D eigenvalue weighted by Crippen LogP contribution is -2.22. The number of aromatic nitrogens is 3. The summed E-state index contributed by atoms with van der Waals surface area (Å²) in [7, 11) is 2.09. The molecule has 1 aromatic carbocycles. The molecule has 27 heavy (non-hydrogen) atoms. The Kier molecular flexibility index (Phi) is 5.12. The third-order valence-electron chi connectivity index (χ3n) is 5.77. The highest BCUT2D eigenvalue weighted by atomic mass is 15.2. The predicted octanol–water partition coefficient (Wildman–Crippen LogP) is 3.80. The number of rotatable bonds is 6. The number of fused-ring (bicyclic) bond motifs is 1. The van der Waals surface area contributed by atoms with Gasteiger partial charge < -0.3 is 9.47 Å². The van der Waals surface area contributed by atoms with Crippen molar-refractivity contribution in [3.8, 4) is 0 Å². The highest BCUT2D eigenvalue weighted by Crippen LogP contribution is 2.29. The van der Waals surface area contributed by atoms with E-state index < -0.39 is 0 Å². The van der Waals surface area contributed by atoms with E-state index in [0.717, 1.165) is 50.3 Å². The molecule has 0 bridgehead atoms. The van der Waals surface area contributed by atoms with E-state index in [1.807, 2.05) is 12.3 Å². The van der Waals surface area contributed by atoms with E-state index in [2.05, 4.69) is 70.6 Å². The largest absolute Gasteiger partial charge is 0.372 e. The first-order chi connectivity index (χ1) is 13.2. The summed E-state index contributed by atoms with van der Waals surface area (Å²) in [6.07, 6.45) is 3.01. The zero-order valence-corrected chi connectivity index (χ0v) is 16.6. The van der Waals surface area contributed by atoms with Crippen LogP contribution in [0.15, 0.2) is 42.6 Å². The van der Waals surface area contributed by atoms with Crippen LogP contribution in [0.1, 0.15) is 37.6 Å². The first-order valence-corrected chi connectivity index (χ1v) is 10.0. The van der Waals surface area contributed by atoms with Gasteiger partial charge in [0.15, 0.2) is 5.65 Å². The van der Waals surface area contributed by atoms with E-state index in [0.29, 0.717) is 5.92 Å². The van der Waals surface area contributed by atoms with Gasteiger partial charge in [0.1, 0.15) is 11.3 Å². The average molecular weight is 364 g/mol. The molecule has 5 nitrogen and oxygen atoms in total. The van der Waals surface area contributed by atoms with Gasteiger partial charge in [-0.3, -0.25) is 4.90 Å². The van der Waals surface area contributed by atoms with Gasteiger partial charge in [-0.25, -0.2) is 9.97 Å². The molecule has 3 aromatic rings. The number of benzene rings is 1. The van der Waals surface area contributed by atoms with Crippen LogP contribution in [0.3, 0.4) is 0 Å². The molecule has 0 unspecified atom stereocenters. The van der Waals surface area contributed by atoms with Crippen LogP contribution in [0.5, 0.6) is 0 Å². The Morgan fingerprint density at radius 1 is 1.11 bits per heavy atom. The Balaban J connectivity index is 1.43. The van der Waals surface area contributed by atoms with E-state index in [4.69, 9.17) is 4.98 Å². The number of pyridine rings is 1. The molecule has 0 amide bonds. The lowest BCUT2D eigenvalue weighted by molar-refractivity contribution is 0.325. The molecule has 1 aliphatic heterocycles. The minimum atomic E-state index is 0.485. The first kappa shape index (κ1) is 18.0. The molecule has 1 fully saturated rings. The summed E-state index contributed by atoms with van der Waals surface area (Å²) >= 11 is 0. The SMILES string of the molecule is CCN(CC)c1ccc(CN2CC[C@@H](c3nc4cccnc4n3C)C2)cc1. The summed E-state index contributed by atoms with van der Waals surface area (Å²) < 4.78 is 2.17. The summed E-state index contributed by atoms with van der Waals surface area (Å²) in [6, 6.07) is 13.1. The van der Waals surface area contributed by atoms with E-state index in [-0.39, 0.29) is 0 Å². The average Bonchev–Trinajstić information content (AvgIpc) is 3.29. The molecule has 0 N–H and O–H groups in total. The number of imidazole rings is 1. The van der Waals surface area contributed by atoms with Gasteiger partial charge in [-0.15, -0.1) is 0 Å². The fourth-order valence-corrected chi connectivity index (χ4v) is 4.25. The Labute approximate surface area is 161 Å². The summed E-state index contributed by atoms with van der Waals surface area (Å²) in [4.78, 5) is 14.3. The molecule has 2 aromatic heterocycles. The van der Waals surface area contributed by atoms with E-state index in [9.17, 15) is 0 Å². The number of anilines is 1. The van der Waals surface area contributed by atoms with E-state index in [1.54, 1.807) is 0 Å². The normalized spacial score (nSPS) is 17.7. The van der Waals surface area contributed by atoms with E-state index in [1.165, 1.54) is 17.1 Å². The summed E-state index contributed by atoms with van der Waals surface area (Å²) in [5.41, 5.74) is 4.69. The molecule has 3 heterocycles. The third-order valence-corrected chi connectivity index (χ3v) is 5.77. The van der Waals surface area contributed by atoms with Crippen LogP contribution in [-0.2, 0) is 13.6 Å². The zero-order valence-electron chi connectivity index (χ0n) is 16.6. The van der Waals surface area contributed by atoms with Crippen molar-refractivity contribution in [1.29, 1.82) is 0 Å². The van der Waals surface area contributed by atoms with Gasteiger partial charge in [-0.2, -0.15) is 0 Å². The van der Waals surface area contributed by atoms with Gasteiger partial charge in [0.25, 0.3) is 0 Å². The smallest absolute Gasteiger partial charge is 0.159 e. The molecule has 5 heteroatoms. The number of hydrogen-bond donors (Lipinski definition) is 0. The van der Waals surface area contributed by atoms with E-state index >= 15 is 0 Å². The van der Waals surface area contributed by atoms with Gasteiger partial charge in [0.2, 0.25) is 0 Å². The predicted molar refractivity (Wildman–Crippen MR) is 111 cm³/mol. The van der Waals surface area contributed by atoms with Crippen LogP contribution in [0.2, 0.25) is 0 Å². The van der Waals surface area contributed by atoms with Crippen LogP contribution in [0.4, 0.5) is 5.69 Å². The maximum Gasteiger partial charge on any atom is 0.159 e. The molecular weight excluding hydrogens is 334 g/mol. The van der Waals surface area contributed by atoms with Crippen LogP contribution in [0, 0.1) is 0 Å². The number of aryl methyl sites for hydroxylation is 1. The molecular formula is C22H29N5. The molecule has 0 radical (unpaired) electrons. The van der Waals surface area contributed by atoms with Gasteiger partial charge in [0.05, 0.1) is 0 Å². The maximum atomic E-state index is 4.85. The van der Waals surface area contributed by atoms with Crippen molar-refractivity contribution in [2.75, 3.05) is 31.1 Å². The summed E-state index contributed by atoms with van der Waals surface area (Å²) in [6.45, 7) is 9.72. The van der Waals surface area contributed by atoms with Crippen LogP contribution < -0.4 is 4.90 Å². The van der Waals surface area contributed by atoms with Gasteiger partial charge in [0, 0.05) is 51.0 Å². The van der Waals surface area contributed by atoms with Crippen LogP contribution in [-0.4, -0.2) is 45.6 Å². The summed E-state index contributed by atoms with van der Waals surface area (Å²) in [5.74, 6) is 1.65. The van der Waals surface area contributed by atoms with Crippen LogP contribution >= 0.6 is 0 Å². The Morgan fingerprint density at radius 2 is 1.89 bits per heavy atom. The molecule has 4 rings (SSSR count). The molecule has 1 saturated heterocycles. The van der Waals surface area contributed by atoms with Crippen molar-refractivity contribution in [2.24, 2.45) is 7.05 Å². The fraction of sp³-hybridized carbons (Fsp3) is 0.455.